The van der Waals surface area contributed by atoms with E-state index in [0.29, 0.717) is 18.4 Å². The minimum Gasteiger partial charge on any atom is -0.458 e. The summed E-state index contributed by atoms with van der Waals surface area (Å²) in [5.74, 6) is -1.51. The quantitative estimate of drug-likeness (QED) is 0.277. The summed E-state index contributed by atoms with van der Waals surface area (Å²) in [6.45, 7) is 15.5. The van der Waals surface area contributed by atoms with Gasteiger partial charge >= 0.3 is 24.1 Å². The van der Waals surface area contributed by atoms with Crippen molar-refractivity contribution >= 4 is 24.1 Å². The fraction of sp³-hybridized carbons (Fsp3) is 0.643. The van der Waals surface area contributed by atoms with E-state index in [1.807, 2.05) is 13.8 Å². The molecule has 2 atom stereocenters. The maximum absolute atomic E-state index is 12.8. The van der Waals surface area contributed by atoms with Gasteiger partial charge in [-0.2, -0.15) is 0 Å². The average Bonchev–Trinajstić information content (AvgIpc) is 2.83. The molecule has 214 valence electrons. The first-order valence-electron chi connectivity index (χ1n) is 12.9. The number of benzene rings is 1. The van der Waals surface area contributed by atoms with Crippen LogP contribution in [-0.4, -0.2) is 48.9 Å². The SMILES string of the molecule is CCC(C)(C)C(=O)Oc1ccc(C[C@H](N)C(=O)O[C@@H](C)COC(=O)OC(C)C)cc1OC(=O)C(C)(C)CC. The van der Waals surface area contributed by atoms with Crippen molar-refractivity contribution in [3.63, 3.8) is 0 Å². The van der Waals surface area contributed by atoms with Gasteiger partial charge in [-0.15, -0.1) is 0 Å². The second-order valence-electron chi connectivity index (χ2n) is 10.8. The van der Waals surface area contributed by atoms with Crippen LogP contribution in [0.1, 0.15) is 80.7 Å². The summed E-state index contributed by atoms with van der Waals surface area (Å²) < 4.78 is 26.3. The first-order chi connectivity index (χ1) is 17.5. The average molecular weight is 538 g/mol. The van der Waals surface area contributed by atoms with Crippen molar-refractivity contribution in [2.75, 3.05) is 6.61 Å². The van der Waals surface area contributed by atoms with E-state index in [1.54, 1.807) is 54.5 Å². The minimum absolute atomic E-state index is 0.0538. The second-order valence-corrected chi connectivity index (χ2v) is 10.8. The fourth-order valence-electron chi connectivity index (χ4n) is 2.68. The number of hydrogen-bond acceptors (Lipinski definition) is 10. The highest BCUT2D eigenvalue weighted by atomic mass is 16.7. The third-order valence-corrected chi connectivity index (χ3v) is 6.13. The normalized spacial score (nSPS) is 13.3. The van der Waals surface area contributed by atoms with Crippen molar-refractivity contribution in [3.05, 3.63) is 23.8 Å². The Morgan fingerprint density at radius 1 is 0.842 bits per heavy atom. The molecule has 38 heavy (non-hydrogen) atoms. The zero-order valence-electron chi connectivity index (χ0n) is 24.0. The standard InChI is InChI=1S/C28H43NO9/c1-10-27(6,7)24(31)37-21-13-12-19(15-22(21)38-25(32)28(8,9)11-2)14-20(29)23(30)36-18(5)16-34-26(33)35-17(3)4/h12-13,15,17-18,20H,10-11,14,16,29H2,1-9H3/t18-,20-/m0/s1. The zero-order valence-corrected chi connectivity index (χ0v) is 24.0. The molecule has 0 aliphatic heterocycles. The summed E-state index contributed by atoms with van der Waals surface area (Å²) in [5.41, 5.74) is 5.12. The predicted molar refractivity (Wildman–Crippen MR) is 141 cm³/mol. The largest absolute Gasteiger partial charge is 0.508 e. The second kappa shape index (κ2) is 14.1. The van der Waals surface area contributed by atoms with Crippen molar-refractivity contribution in [1.29, 1.82) is 0 Å². The van der Waals surface area contributed by atoms with Crippen LogP contribution in [0.25, 0.3) is 0 Å². The van der Waals surface area contributed by atoms with Crippen molar-refractivity contribution in [2.45, 2.75) is 99.8 Å². The third-order valence-electron chi connectivity index (χ3n) is 6.13. The predicted octanol–water partition coefficient (Wildman–Crippen LogP) is 4.73. The lowest BCUT2D eigenvalue weighted by atomic mass is 9.90. The molecule has 0 aromatic heterocycles. The van der Waals surface area contributed by atoms with Gasteiger partial charge in [0.05, 0.1) is 16.9 Å². The van der Waals surface area contributed by atoms with E-state index in [2.05, 4.69) is 0 Å². The van der Waals surface area contributed by atoms with E-state index >= 15 is 0 Å². The van der Waals surface area contributed by atoms with Crippen LogP contribution in [0.3, 0.4) is 0 Å². The van der Waals surface area contributed by atoms with Crippen molar-refractivity contribution in [1.82, 2.24) is 0 Å². The van der Waals surface area contributed by atoms with Crippen LogP contribution in [0.15, 0.2) is 18.2 Å². The van der Waals surface area contributed by atoms with Crippen molar-refractivity contribution in [3.8, 4) is 11.5 Å². The first kappa shape index (κ1) is 32.9. The Morgan fingerprint density at radius 3 is 1.87 bits per heavy atom. The summed E-state index contributed by atoms with van der Waals surface area (Å²) in [6, 6.07) is 3.61. The molecule has 0 saturated carbocycles. The molecule has 1 rings (SSSR count). The Labute approximate surface area is 225 Å². The molecule has 0 unspecified atom stereocenters. The Kier molecular flexibility index (Phi) is 12.2. The number of carbonyl (C=O) groups excluding carboxylic acids is 4. The van der Waals surface area contributed by atoms with Gasteiger partial charge < -0.3 is 29.4 Å². The summed E-state index contributed by atoms with van der Waals surface area (Å²) in [5, 5.41) is 0. The van der Waals surface area contributed by atoms with E-state index in [9.17, 15) is 19.2 Å². The van der Waals surface area contributed by atoms with Crippen molar-refractivity contribution in [2.24, 2.45) is 16.6 Å². The number of esters is 3. The van der Waals surface area contributed by atoms with Gasteiger partial charge in [-0.05, 0) is 85.4 Å². The van der Waals surface area contributed by atoms with Crippen LogP contribution in [-0.2, 0) is 35.0 Å². The number of nitrogens with two attached hydrogens (primary N) is 1. The van der Waals surface area contributed by atoms with Crippen LogP contribution < -0.4 is 15.2 Å². The van der Waals surface area contributed by atoms with Gasteiger partial charge in [-0.1, -0.05) is 19.9 Å². The summed E-state index contributed by atoms with van der Waals surface area (Å²) in [4.78, 5) is 49.5. The first-order valence-corrected chi connectivity index (χ1v) is 12.9. The molecule has 2 N–H and O–H groups in total. The van der Waals surface area contributed by atoms with Gasteiger partial charge in [0.25, 0.3) is 0 Å². The lowest BCUT2D eigenvalue weighted by molar-refractivity contribution is -0.152. The lowest BCUT2D eigenvalue weighted by Crippen LogP contribution is -2.37. The van der Waals surface area contributed by atoms with Gasteiger partial charge in [0.1, 0.15) is 18.8 Å². The molecule has 0 amide bonds. The van der Waals surface area contributed by atoms with E-state index in [0.717, 1.165) is 0 Å². The van der Waals surface area contributed by atoms with Crippen LogP contribution in [0.5, 0.6) is 11.5 Å². The van der Waals surface area contributed by atoms with Crippen LogP contribution >= 0.6 is 0 Å². The highest BCUT2D eigenvalue weighted by Crippen LogP contribution is 2.34. The van der Waals surface area contributed by atoms with Gasteiger partial charge in [0, 0.05) is 0 Å². The number of carbonyl (C=O) groups is 4. The van der Waals surface area contributed by atoms with E-state index in [4.69, 9.17) is 29.4 Å². The highest BCUT2D eigenvalue weighted by molar-refractivity contribution is 5.81. The summed E-state index contributed by atoms with van der Waals surface area (Å²) in [6.07, 6.45) is -0.788. The fourth-order valence-corrected chi connectivity index (χ4v) is 2.68. The molecule has 0 aliphatic rings. The van der Waals surface area contributed by atoms with Gasteiger partial charge in [-0.25, -0.2) is 4.79 Å². The molecular weight excluding hydrogens is 494 g/mol. The summed E-state index contributed by atoms with van der Waals surface area (Å²) in [7, 11) is 0. The highest BCUT2D eigenvalue weighted by Gasteiger charge is 2.31. The number of ether oxygens (including phenoxy) is 5. The molecule has 10 nitrogen and oxygen atoms in total. The molecular formula is C28H43NO9. The molecule has 0 spiro atoms. The Balaban J connectivity index is 3.01. The minimum atomic E-state index is -1.05. The topological polar surface area (TPSA) is 140 Å². The van der Waals surface area contributed by atoms with Crippen LogP contribution in [0.2, 0.25) is 0 Å². The molecule has 0 saturated heterocycles. The Hall–Kier alpha value is -3.14. The van der Waals surface area contributed by atoms with Gasteiger partial charge in [0.2, 0.25) is 0 Å². The van der Waals surface area contributed by atoms with Crippen LogP contribution in [0, 0.1) is 10.8 Å². The smallest absolute Gasteiger partial charge is 0.458 e. The molecule has 0 radical (unpaired) electrons. The molecule has 1 aromatic carbocycles. The van der Waals surface area contributed by atoms with Crippen LogP contribution in [0.4, 0.5) is 4.79 Å². The molecule has 1 aromatic rings. The van der Waals surface area contributed by atoms with E-state index < -0.39 is 47.0 Å². The van der Waals surface area contributed by atoms with E-state index in [1.165, 1.54) is 12.1 Å². The molecule has 0 fully saturated rings. The monoisotopic (exact) mass is 537 g/mol. The van der Waals surface area contributed by atoms with Crippen molar-refractivity contribution < 1.29 is 42.9 Å². The molecule has 10 heteroatoms. The Morgan fingerprint density at radius 2 is 1.37 bits per heavy atom. The molecule has 0 aliphatic carbocycles. The zero-order chi connectivity index (χ0) is 29.3. The molecule has 0 heterocycles. The maximum Gasteiger partial charge on any atom is 0.508 e. The van der Waals surface area contributed by atoms with Gasteiger partial charge in [-0.3, -0.25) is 14.4 Å². The summed E-state index contributed by atoms with van der Waals surface area (Å²) >= 11 is 0. The third kappa shape index (κ3) is 10.3. The molecule has 0 bridgehead atoms. The maximum atomic E-state index is 12.8. The van der Waals surface area contributed by atoms with E-state index in [-0.39, 0.29) is 30.6 Å². The lowest BCUT2D eigenvalue weighted by Gasteiger charge is -2.23. The number of rotatable bonds is 13. The van der Waals surface area contributed by atoms with Gasteiger partial charge in [0.15, 0.2) is 11.5 Å². The Bertz CT molecular complexity index is 985. The number of hydrogen-bond donors (Lipinski definition) is 1.